The number of rotatable bonds is 9. The molecule has 1 heterocycles. The lowest BCUT2D eigenvalue weighted by Gasteiger charge is -2.18. The van der Waals surface area contributed by atoms with Crippen LogP contribution in [0.4, 0.5) is 0 Å². The highest BCUT2D eigenvalue weighted by molar-refractivity contribution is 14.0. The van der Waals surface area contributed by atoms with Crippen LogP contribution in [0, 0.1) is 5.92 Å². The van der Waals surface area contributed by atoms with Gasteiger partial charge in [0, 0.05) is 20.1 Å². The summed E-state index contributed by atoms with van der Waals surface area (Å²) >= 11 is 0. The van der Waals surface area contributed by atoms with E-state index in [9.17, 15) is 0 Å². The van der Waals surface area contributed by atoms with Gasteiger partial charge in [0.1, 0.15) is 6.33 Å². The first-order valence-electron chi connectivity index (χ1n) is 8.06. The summed E-state index contributed by atoms with van der Waals surface area (Å²) in [6.07, 6.45) is 6.79. The molecule has 1 aromatic heterocycles. The van der Waals surface area contributed by atoms with E-state index in [-0.39, 0.29) is 24.0 Å². The average molecular weight is 422 g/mol. The summed E-state index contributed by atoms with van der Waals surface area (Å²) in [5.74, 6) is 2.47. The van der Waals surface area contributed by atoms with Gasteiger partial charge in [-0.25, -0.2) is 0 Å². The van der Waals surface area contributed by atoms with Gasteiger partial charge in [-0.3, -0.25) is 4.99 Å². The van der Waals surface area contributed by atoms with Crippen LogP contribution in [0.3, 0.4) is 0 Å². The van der Waals surface area contributed by atoms with Crippen LogP contribution in [0.2, 0.25) is 0 Å². The molecule has 0 amide bonds. The average Bonchev–Trinajstić information content (AvgIpc) is 2.97. The fraction of sp³-hybridized carbons (Fsp3) is 0.800. The molecule has 0 saturated heterocycles. The normalized spacial score (nSPS) is 12.6. The van der Waals surface area contributed by atoms with Crippen LogP contribution in [0.25, 0.3) is 0 Å². The molecule has 1 aromatic rings. The molecule has 0 bridgehead atoms. The highest BCUT2D eigenvalue weighted by Gasteiger charge is 2.08. The highest BCUT2D eigenvalue weighted by atomic mass is 127. The zero-order valence-electron chi connectivity index (χ0n) is 14.3. The molecule has 0 aliphatic heterocycles. The molecule has 0 spiro atoms. The van der Waals surface area contributed by atoms with Crippen LogP contribution in [0.1, 0.15) is 52.3 Å². The van der Waals surface area contributed by atoms with Crippen molar-refractivity contribution in [3.63, 3.8) is 0 Å². The predicted molar refractivity (Wildman–Crippen MR) is 103 cm³/mol. The molecule has 128 valence electrons. The lowest BCUT2D eigenvalue weighted by atomic mass is 9.99. The summed E-state index contributed by atoms with van der Waals surface area (Å²) in [6, 6.07) is 0. The molecule has 7 heteroatoms. The lowest BCUT2D eigenvalue weighted by molar-refractivity contribution is 0.443. The van der Waals surface area contributed by atoms with Gasteiger partial charge in [-0.15, -0.1) is 34.2 Å². The predicted octanol–water partition coefficient (Wildman–Crippen LogP) is 2.80. The quantitative estimate of drug-likeness (QED) is 0.365. The molecule has 22 heavy (non-hydrogen) atoms. The van der Waals surface area contributed by atoms with Crippen LogP contribution in [0.5, 0.6) is 0 Å². The maximum absolute atomic E-state index is 4.27. The van der Waals surface area contributed by atoms with E-state index in [0.29, 0.717) is 12.5 Å². The molecule has 0 radical (unpaired) electrons. The van der Waals surface area contributed by atoms with E-state index in [4.69, 9.17) is 0 Å². The second-order valence-corrected chi connectivity index (χ2v) is 5.26. The third-order valence-electron chi connectivity index (χ3n) is 3.78. The Bertz CT molecular complexity index is 418. The van der Waals surface area contributed by atoms with Gasteiger partial charge in [0.15, 0.2) is 11.8 Å². The standard InChI is InChI=1S/C15H30N6.HI/c1-5-8-9-13(6-2)10-17-15(16-4)18-11-14-20-19-12-21(14)7-3;/h12-13H,5-11H2,1-4H3,(H2,16,17,18);1H. The molecule has 1 rings (SSSR count). The van der Waals surface area contributed by atoms with Crippen molar-refractivity contribution in [2.24, 2.45) is 10.9 Å². The van der Waals surface area contributed by atoms with Crippen molar-refractivity contribution in [3.8, 4) is 0 Å². The maximum atomic E-state index is 4.27. The van der Waals surface area contributed by atoms with Gasteiger partial charge >= 0.3 is 0 Å². The van der Waals surface area contributed by atoms with Crippen LogP contribution in [0.15, 0.2) is 11.3 Å². The smallest absolute Gasteiger partial charge is 0.191 e. The van der Waals surface area contributed by atoms with Gasteiger partial charge in [0.05, 0.1) is 6.54 Å². The third-order valence-corrected chi connectivity index (χ3v) is 3.78. The Balaban J connectivity index is 0.00000441. The van der Waals surface area contributed by atoms with Crippen molar-refractivity contribution < 1.29 is 0 Å². The van der Waals surface area contributed by atoms with Gasteiger partial charge in [-0.1, -0.05) is 33.1 Å². The number of aromatic nitrogens is 3. The molecular formula is C15H31IN6. The summed E-state index contributed by atoms with van der Waals surface area (Å²) in [5, 5.41) is 14.8. The van der Waals surface area contributed by atoms with Crippen LogP contribution in [-0.4, -0.2) is 34.3 Å². The van der Waals surface area contributed by atoms with E-state index in [2.05, 4.69) is 46.6 Å². The van der Waals surface area contributed by atoms with Gasteiger partial charge in [-0.05, 0) is 19.3 Å². The minimum Gasteiger partial charge on any atom is -0.356 e. The van der Waals surface area contributed by atoms with E-state index in [1.807, 2.05) is 4.57 Å². The van der Waals surface area contributed by atoms with E-state index < -0.39 is 0 Å². The molecule has 6 nitrogen and oxygen atoms in total. The van der Waals surface area contributed by atoms with Gasteiger partial charge in [0.25, 0.3) is 0 Å². The minimum atomic E-state index is 0. The molecule has 0 aromatic carbocycles. The molecule has 0 saturated carbocycles. The van der Waals surface area contributed by atoms with Gasteiger partial charge in [-0.2, -0.15) is 0 Å². The first kappa shape index (κ1) is 21.1. The van der Waals surface area contributed by atoms with Crippen molar-refractivity contribution in [1.29, 1.82) is 0 Å². The Morgan fingerprint density at radius 1 is 1.32 bits per heavy atom. The number of aliphatic imine (C=N–C) groups is 1. The van der Waals surface area contributed by atoms with Crippen LogP contribution >= 0.6 is 24.0 Å². The molecule has 0 aliphatic carbocycles. The summed E-state index contributed by atoms with van der Waals surface area (Å²) in [4.78, 5) is 4.27. The van der Waals surface area contributed by atoms with E-state index >= 15 is 0 Å². The van der Waals surface area contributed by atoms with Crippen molar-refractivity contribution in [3.05, 3.63) is 12.2 Å². The second kappa shape index (κ2) is 12.7. The topological polar surface area (TPSA) is 67.1 Å². The first-order valence-corrected chi connectivity index (χ1v) is 8.06. The fourth-order valence-corrected chi connectivity index (χ4v) is 2.25. The molecule has 1 unspecified atom stereocenters. The summed E-state index contributed by atoms with van der Waals surface area (Å²) < 4.78 is 2.02. The molecule has 0 fully saturated rings. The van der Waals surface area contributed by atoms with Crippen molar-refractivity contribution in [2.75, 3.05) is 13.6 Å². The Morgan fingerprint density at radius 3 is 2.68 bits per heavy atom. The van der Waals surface area contributed by atoms with Gasteiger partial charge in [0.2, 0.25) is 0 Å². The van der Waals surface area contributed by atoms with E-state index in [1.54, 1.807) is 13.4 Å². The summed E-state index contributed by atoms with van der Waals surface area (Å²) in [7, 11) is 1.80. The second-order valence-electron chi connectivity index (χ2n) is 5.26. The SMILES string of the molecule is CCCCC(CC)CNC(=NC)NCc1nncn1CC.I. The van der Waals surface area contributed by atoms with Gasteiger partial charge < -0.3 is 15.2 Å². The summed E-state index contributed by atoms with van der Waals surface area (Å²) in [5.41, 5.74) is 0. The monoisotopic (exact) mass is 422 g/mol. The first-order chi connectivity index (χ1) is 10.2. The number of unbranched alkanes of at least 4 members (excludes halogenated alkanes) is 1. The van der Waals surface area contributed by atoms with Crippen molar-refractivity contribution >= 4 is 29.9 Å². The highest BCUT2D eigenvalue weighted by Crippen LogP contribution is 2.11. The zero-order valence-corrected chi connectivity index (χ0v) is 16.6. The minimum absolute atomic E-state index is 0. The third kappa shape index (κ3) is 7.42. The van der Waals surface area contributed by atoms with Crippen LogP contribution in [-0.2, 0) is 13.1 Å². The number of nitrogens with one attached hydrogen (secondary N) is 2. The lowest BCUT2D eigenvalue weighted by Crippen LogP contribution is -2.39. The number of guanidine groups is 1. The molecule has 0 aliphatic rings. The Hall–Kier alpha value is -0.860. The molecule has 1 atom stereocenters. The number of hydrogen-bond acceptors (Lipinski definition) is 3. The Morgan fingerprint density at radius 2 is 2.09 bits per heavy atom. The largest absolute Gasteiger partial charge is 0.356 e. The maximum Gasteiger partial charge on any atom is 0.191 e. The zero-order chi connectivity index (χ0) is 15.5. The number of aryl methyl sites for hydroxylation is 1. The molecule has 2 N–H and O–H groups in total. The fourth-order valence-electron chi connectivity index (χ4n) is 2.25. The van der Waals surface area contributed by atoms with Crippen molar-refractivity contribution in [1.82, 2.24) is 25.4 Å². The van der Waals surface area contributed by atoms with Crippen LogP contribution < -0.4 is 10.6 Å². The summed E-state index contributed by atoms with van der Waals surface area (Å²) in [6.45, 7) is 9.06. The number of halogens is 1. The number of hydrogen-bond donors (Lipinski definition) is 2. The van der Waals surface area contributed by atoms with E-state index in [0.717, 1.165) is 24.9 Å². The van der Waals surface area contributed by atoms with E-state index in [1.165, 1.54) is 25.7 Å². The number of nitrogens with zero attached hydrogens (tertiary/aromatic N) is 4. The molecular weight excluding hydrogens is 391 g/mol. The Labute approximate surface area is 151 Å². The van der Waals surface area contributed by atoms with Crippen molar-refractivity contribution in [2.45, 2.75) is 59.5 Å². The Kier molecular flexibility index (Phi) is 12.2.